The van der Waals surface area contributed by atoms with Gasteiger partial charge in [0.05, 0.1) is 0 Å². The molecular formula is H8FNO2. The first-order chi connectivity index (χ1) is 0. The van der Waals surface area contributed by atoms with Gasteiger partial charge >= 0.3 is 0 Å². The molecule has 0 heterocycles. The van der Waals surface area contributed by atoms with Crippen molar-refractivity contribution in [2.45, 2.75) is 0 Å². The first-order valence-electron chi connectivity index (χ1n) is 0. The third-order valence-corrected chi connectivity index (χ3v) is 0. The molecule has 0 saturated carbocycles. The standard InChI is InChI=1S/FH.H3N.2H2O/h1H;1H3;2*1H2. The van der Waals surface area contributed by atoms with Crippen molar-refractivity contribution in [1.82, 2.24) is 6.15 Å². The van der Waals surface area contributed by atoms with E-state index in [-0.39, 0.29) is 21.8 Å². The summed E-state index contributed by atoms with van der Waals surface area (Å²) < 4.78 is 0. The first kappa shape index (κ1) is 833. The number of halogens is 1. The van der Waals surface area contributed by atoms with Gasteiger partial charge in [0.15, 0.2) is 0 Å². The second-order valence-electron chi connectivity index (χ2n) is 0. The summed E-state index contributed by atoms with van der Waals surface area (Å²) in [6.45, 7) is 0. The van der Waals surface area contributed by atoms with E-state index in [9.17, 15) is 0 Å². The maximum atomic E-state index is 0. The third-order valence-electron chi connectivity index (χ3n) is 0. The predicted octanol–water partition coefficient (Wildman–Crippen LogP) is -1.33. The van der Waals surface area contributed by atoms with Crippen LogP contribution in [0.1, 0.15) is 0 Å². The molecule has 0 radical (unpaired) electrons. The van der Waals surface area contributed by atoms with Gasteiger partial charge in [-0.15, -0.1) is 0 Å². The predicted molar refractivity (Wildman–Crippen MR) is 14.8 cm³/mol. The molecule has 7 N–H and O–H groups in total. The maximum absolute atomic E-state index is 0. The van der Waals surface area contributed by atoms with Crippen LogP contribution in [0.15, 0.2) is 0 Å². The normalized spacial score (nSPS) is 0. The van der Waals surface area contributed by atoms with E-state index in [1.54, 1.807) is 0 Å². The fourth-order valence-electron chi connectivity index (χ4n) is 0. The summed E-state index contributed by atoms with van der Waals surface area (Å²) in [6.07, 6.45) is 0. The summed E-state index contributed by atoms with van der Waals surface area (Å²) in [5, 5.41) is 0. The van der Waals surface area contributed by atoms with Gasteiger partial charge < -0.3 is 17.1 Å². The van der Waals surface area contributed by atoms with Gasteiger partial charge in [-0.2, -0.15) is 0 Å². The molecule has 0 aromatic heterocycles. The summed E-state index contributed by atoms with van der Waals surface area (Å²) in [7, 11) is 0. The molecule has 0 aliphatic rings. The van der Waals surface area contributed by atoms with Gasteiger partial charge in [0.2, 0.25) is 0 Å². The highest BCUT2D eigenvalue weighted by Crippen LogP contribution is 0.420. The topological polar surface area (TPSA) is 98.0 Å². The molecular weight excluding hydrogens is 65.0 g/mol. The van der Waals surface area contributed by atoms with Crippen LogP contribution in [0.25, 0.3) is 0 Å². The lowest BCUT2D eigenvalue weighted by molar-refractivity contribution is 0.823. The van der Waals surface area contributed by atoms with E-state index in [1.807, 2.05) is 0 Å². The van der Waals surface area contributed by atoms with E-state index in [2.05, 4.69) is 0 Å². The van der Waals surface area contributed by atoms with Crippen LogP contribution < -0.4 is 6.15 Å². The van der Waals surface area contributed by atoms with Gasteiger partial charge in [0.25, 0.3) is 0 Å². The highest BCUT2D eigenvalue weighted by Gasteiger charge is -0.269. The molecule has 0 spiro atoms. The summed E-state index contributed by atoms with van der Waals surface area (Å²) in [5.74, 6) is 0. The van der Waals surface area contributed by atoms with Gasteiger partial charge in [0, 0.05) is 0 Å². The van der Waals surface area contributed by atoms with Crippen LogP contribution in [-0.2, 0) is 0 Å². The second kappa shape index (κ2) is 255. The van der Waals surface area contributed by atoms with Crippen LogP contribution >= 0.6 is 0 Å². The Morgan fingerprint density at radius 2 is 0.750 bits per heavy atom. The minimum absolute atomic E-state index is 0. The van der Waals surface area contributed by atoms with Crippen LogP contribution in [0.3, 0.4) is 0 Å². The molecule has 0 atom stereocenters. The summed E-state index contributed by atoms with van der Waals surface area (Å²) in [6, 6.07) is 0. The molecule has 0 unspecified atom stereocenters. The van der Waals surface area contributed by atoms with Crippen molar-refractivity contribution >= 4 is 0 Å². The number of rotatable bonds is 0. The molecule has 4 heavy (non-hydrogen) atoms. The summed E-state index contributed by atoms with van der Waals surface area (Å²) >= 11 is 0. The average Bonchev–Trinajstić information content (AvgIpc) is 0. The molecule has 3 nitrogen and oxygen atoms in total. The summed E-state index contributed by atoms with van der Waals surface area (Å²) in [5.41, 5.74) is 0. The van der Waals surface area contributed by atoms with Crippen LogP contribution in [0.5, 0.6) is 0 Å². The molecule has 0 amide bonds. The highest BCUT2D eigenvalue weighted by molar-refractivity contribution is 2.13. The Bertz CT molecular complexity index is 6.00. The Morgan fingerprint density at radius 3 is 0.750 bits per heavy atom. The lowest BCUT2D eigenvalue weighted by Crippen LogP contribution is -0.481. The first-order valence-corrected chi connectivity index (χ1v) is 0. The zero-order valence-corrected chi connectivity index (χ0v) is 2.12. The van der Waals surface area contributed by atoms with Crippen LogP contribution in [0, 0.1) is 0 Å². The Kier molecular flexibility index (Phi) is 53100. The Labute approximate surface area is 23.2 Å². The van der Waals surface area contributed by atoms with Gasteiger partial charge in [0.1, 0.15) is 0 Å². The SMILES string of the molecule is F.N.O.O. The minimum atomic E-state index is 0. The fourth-order valence-corrected chi connectivity index (χ4v) is 0. The zero-order valence-electron chi connectivity index (χ0n) is 2.12. The molecule has 0 saturated heterocycles. The van der Waals surface area contributed by atoms with Crippen molar-refractivity contribution in [1.29, 1.82) is 0 Å². The van der Waals surface area contributed by atoms with Crippen molar-refractivity contribution < 1.29 is 15.7 Å². The Balaban J connectivity index is 0. The van der Waals surface area contributed by atoms with Gasteiger partial charge in [-0.1, -0.05) is 0 Å². The molecule has 0 fully saturated rings. The quantitative estimate of drug-likeness (QED) is 0.377. The largest absolute Gasteiger partial charge is 0.412 e. The van der Waals surface area contributed by atoms with Crippen molar-refractivity contribution in [3.05, 3.63) is 0 Å². The molecule has 4 heteroatoms. The van der Waals surface area contributed by atoms with Gasteiger partial charge in [-0.05, 0) is 0 Å². The molecule has 32 valence electrons. The van der Waals surface area contributed by atoms with E-state index in [1.165, 1.54) is 0 Å². The molecule has 0 bridgehead atoms. The Morgan fingerprint density at radius 1 is 0.750 bits per heavy atom. The van der Waals surface area contributed by atoms with Crippen molar-refractivity contribution in [2.75, 3.05) is 0 Å². The molecule has 0 aromatic rings. The number of hydrogen-bond donors (Lipinski definition) is 1. The van der Waals surface area contributed by atoms with E-state index in [4.69, 9.17) is 0 Å². The van der Waals surface area contributed by atoms with E-state index >= 15 is 0 Å². The monoisotopic (exact) mass is 73.1 g/mol. The van der Waals surface area contributed by atoms with Crippen LogP contribution in [0.4, 0.5) is 4.70 Å². The van der Waals surface area contributed by atoms with E-state index in [0.717, 1.165) is 0 Å². The van der Waals surface area contributed by atoms with Crippen molar-refractivity contribution in [3.63, 3.8) is 0 Å². The van der Waals surface area contributed by atoms with Gasteiger partial charge in [-0.3, -0.25) is 4.70 Å². The highest BCUT2D eigenvalue weighted by atomic mass is 19.0. The molecule has 0 aliphatic heterocycles. The van der Waals surface area contributed by atoms with Gasteiger partial charge in [-0.25, -0.2) is 0 Å². The maximum Gasteiger partial charge on any atom is -0.269 e. The zero-order chi connectivity index (χ0) is 0. The molecule has 0 aromatic carbocycles. The van der Waals surface area contributed by atoms with Crippen LogP contribution in [-0.4, -0.2) is 11.0 Å². The third kappa shape index (κ3) is 32.9. The van der Waals surface area contributed by atoms with Crippen LogP contribution in [0.2, 0.25) is 0 Å². The lowest BCUT2D eigenvalue weighted by Gasteiger charge is -0.413. The minimum Gasteiger partial charge on any atom is -0.412 e. The fraction of sp³-hybridized carbons (Fsp3) is 0. The average molecular weight is 73.1 g/mol. The molecule has 0 aliphatic carbocycles. The summed E-state index contributed by atoms with van der Waals surface area (Å²) in [4.78, 5) is 0. The smallest absolute Gasteiger partial charge is 0.269 e. The van der Waals surface area contributed by atoms with Crippen molar-refractivity contribution in [3.8, 4) is 0 Å². The van der Waals surface area contributed by atoms with Crippen molar-refractivity contribution in [2.24, 2.45) is 0 Å². The van der Waals surface area contributed by atoms with E-state index in [0.29, 0.717) is 0 Å². The second-order valence-corrected chi connectivity index (χ2v) is 0. The molecule has 0 rings (SSSR count). The number of hydrogen-bond acceptors (Lipinski definition) is 1. The van der Waals surface area contributed by atoms with E-state index < -0.39 is 0 Å². The lowest BCUT2D eigenvalue weighted by atomic mass is 14.0. The Hall–Kier alpha value is -0.190.